The summed E-state index contributed by atoms with van der Waals surface area (Å²) in [6.45, 7) is 0. The van der Waals surface area contributed by atoms with Gasteiger partial charge < -0.3 is 14.2 Å². The third kappa shape index (κ3) is 8.99. The van der Waals surface area contributed by atoms with Crippen LogP contribution in [-0.2, 0) is 10.8 Å². The predicted molar refractivity (Wildman–Crippen MR) is 443 cm³/mol. The van der Waals surface area contributed by atoms with Gasteiger partial charge in [-0.25, -0.2) is 0 Å². The van der Waals surface area contributed by atoms with E-state index in [-0.39, 0.29) is 0 Å². The van der Waals surface area contributed by atoms with Gasteiger partial charge in [0.25, 0.3) is 0 Å². The second-order valence-corrected chi connectivity index (χ2v) is 30.4. The first kappa shape index (κ1) is 60.4. The first-order valence-electron chi connectivity index (χ1n) is 35.5. The lowest BCUT2D eigenvalue weighted by molar-refractivity contribution is 0.669. The van der Waals surface area contributed by atoms with Gasteiger partial charge in [0, 0.05) is 77.3 Å². The van der Waals surface area contributed by atoms with Gasteiger partial charge in [0.15, 0.2) is 0 Å². The van der Waals surface area contributed by atoms with Gasteiger partial charge in [-0.15, -0.1) is 34.0 Å². The van der Waals surface area contributed by atoms with Crippen molar-refractivity contribution in [3.05, 3.63) is 421 Å². The van der Waals surface area contributed by atoms with E-state index in [1.54, 1.807) is 0 Å². The van der Waals surface area contributed by atoms with Gasteiger partial charge in [0.05, 0.1) is 39.0 Å². The summed E-state index contributed by atoms with van der Waals surface area (Å²) < 4.78 is 14.2. The van der Waals surface area contributed by atoms with Gasteiger partial charge in [0.2, 0.25) is 0 Å². The monoisotopic (exact) mass is 1380 g/mol. The van der Waals surface area contributed by atoms with E-state index in [4.69, 9.17) is 4.42 Å². The highest BCUT2D eigenvalue weighted by Gasteiger charge is 2.47. The van der Waals surface area contributed by atoms with Crippen LogP contribution in [0.3, 0.4) is 0 Å². The van der Waals surface area contributed by atoms with E-state index in [1.807, 2.05) is 40.1 Å². The Kier molecular flexibility index (Phi) is 14.0. The number of para-hydroxylation sites is 1. The van der Waals surface area contributed by atoms with E-state index in [0.717, 1.165) is 44.7 Å². The Morgan fingerprint density at radius 3 is 0.865 bits per heavy atom. The standard InChI is InChI=1S/C49H31NOS.C49H31NS2/c1-2-14-32(15-3-1)49(39-20-8-4-16-35(39)36-17-5-9-21-40(36)49)33-28-30-34(31-29-33)50(41-22-12-25-44-47(41)37-18-6-10-24-43(37)51-44)42-23-13-27-46-48(42)38-19-7-11-26-45(38)52-46;1-2-14-32(15-3-1)49(39-20-8-4-16-35(39)36-17-5-9-21-40(36)49)33-28-30-34(31-29-33)50(41-22-12-26-45-47(41)37-18-6-10-24-43(37)51-45)42-23-13-27-46-48(42)38-19-7-11-25-44(38)52-46/h2*1-31H. The van der Waals surface area contributed by atoms with Crippen LogP contribution in [0.2, 0.25) is 0 Å². The Morgan fingerprint density at radius 2 is 0.481 bits per heavy atom. The van der Waals surface area contributed by atoms with Crippen molar-refractivity contribution in [2.24, 2.45) is 0 Å². The zero-order chi connectivity index (χ0) is 68.5. The second-order valence-electron chi connectivity index (χ2n) is 27.2. The number of hydrogen-bond donors (Lipinski definition) is 0. The minimum atomic E-state index is -0.456. The molecule has 2 aliphatic carbocycles. The number of benzene rings is 16. The molecule has 0 saturated heterocycles. The molecule has 22 rings (SSSR count). The summed E-state index contributed by atoms with van der Waals surface area (Å²) in [5.74, 6) is 0. The number of nitrogens with zero attached hydrogens (tertiary/aromatic N) is 2. The first-order chi connectivity index (χ1) is 51.6. The maximum atomic E-state index is 6.45. The van der Waals surface area contributed by atoms with Crippen LogP contribution in [0.1, 0.15) is 44.5 Å². The summed E-state index contributed by atoms with van der Waals surface area (Å²) in [6.07, 6.45) is 0. The normalized spacial score (nSPS) is 13.2. The van der Waals surface area contributed by atoms with Crippen molar-refractivity contribution in [3.8, 4) is 22.3 Å². The molecule has 3 nitrogen and oxygen atoms in total. The largest absolute Gasteiger partial charge is 0.456 e. The van der Waals surface area contributed by atoms with E-state index in [9.17, 15) is 0 Å². The molecule has 0 fully saturated rings. The van der Waals surface area contributed by atoms with Gasteiger partial charge in [-0.05, 0) is 164 Å². The van der Waals surface area contributed by atoms with Gasteiger partial charge in [-0.3, -0.25) is 0 Å². The first-order valence-corrected chi connectivity index (χ1v) is 38.0. The summed E-state index contributed by atoms with van der Waals surface area (Å²) in [5.41, 5.74) is 23.3. The zero-order valence-electron chi connectivity index (χ0n) is 56.3. The lowest BCUT2D eigenvalue weighted by Gasteiger charge is -2.34. The van der Waals surface area contributed by atoms with Gasteiger partial charge in [-0.2, -0.15) is 0 Å². The lowest BCUT2D eigenvalue weighted by atomic mass is 9.68. The molecule has 4 aromatic heterocycles. The highest BCUT2D eigenvalue weighted by Crippen LogP contribution is 2.60. The quantitative estimate of drug-likeness (QED) is 0.136. The topological polar surface area (TPSA) is 19.6 Å². The fourth-order valence-electron chi connectivity index (χ4n) is 17.7. The molecule has 0 amide bonds. The van der Waals surface area contributed by atoms with Crippen LogP contribution in [0.25, 0.3) is 105 Å². The molecule has 0 atom stereocenters. The zero-order valence-corrected chi connectivity index (χ0v) is 58.8. The molecule has 0 radical (unpaired) electrons. The van der Waals surface area contributed by atoms with Crippen LogP contribution in [0, 0.1) is 0 Å². The highest BCUT2D eigenvalue weighted by atomic mass is 32.1. The molecule has 0 unspecified atom stereocenters. The Balaban J connectivity index is 0.000000134. The predicted octanol–water partition coefficient (Wildman–Crippen LogP) is 28.0. The molecular formula is C98H62N2OS3. The van der Waals surface area contributed by atoms with Crippen LogP contribution < -0.4 is 9.80 Å². The molecule has 2 aliphatic rings. The molecular weight excluding hydrogens is 1320 g/mol. The molecule has 0 saturated carbocycles. The molecule has 0 spiro atoms. The smallest absolute Gasteiger partial charge is 0.137 e. The molecule has 4 heterocycles. The van der Waals surface area contributed by atoms with Crippen molar-refractivity contribution in [1.29, 1.82) is 0 Å². The maximum Gasteiger partial charge on any atom is 0.137 e. The molecule has 6 heteroatoms. The second kappa shape index (κ2) is 24.1. The van der Waals surface area contributed by atoms with Crippen LogP contribution >= 0.6 is 34.0 Å². The van der Waals surface area contributed by atoms with Crippen molar-refractivity contribution in [1.82, 2.24) is 0 Å². The number of furan rings is 1. The summed E-state index contributed by atoms with van der Waals surface area (Å²) >= 11 is 5.59. The molecule has 0 bridgehead atoms. The van der Waals surface area contributed by atoms with Crippen molar-refractivity contribution >= 4 is 151 Å². The number of fused-ring (bicyclic) bond motifs is 18. The summed E-state index contributed by atoms with van der Waals surface area (Å²) in [7, 11) is 0. The summed E-state index contributed by atoms with van der Waals surface area (Å²) in [4.78, 5) is 4.96. The van der Waals surface area contributed by atoms with Crippen LogP contribution in [0.5, 0.6) is 0 Å². The minimum absolute atomic E-state index is 0.440. The Labute approximate surface area is 613 Å². The van der Waals surface area contributed by atoms with Crippen molar-refractivity contribution in [3.63, 3.8) is 0 Å². The summed E-state index contributed by atoms with van der Waals surface area (Å²) in [5, 5.41) is 9.93. The number of thiophene rings is 3. The number of anilines is 6. The number of hydrogen-bond acceptors (Lipinski definition) is 6. The van der Waals surface area contributed by atoms with Crippen molar-refractivity contribution < 1.29 is 4.42 Å². The van der Waals surface area contributed by atoms with Gasteiger partial charge in [0.1, 0.15) is 11.2 Å². The summed E-state index contributed by atoms with van der Waals surface area (Å²) in [6, 6.07) is 138. The van der Waals surface area contributed by atoms with Crippen LogP contribution in [0.4, 0.5) is 34.1 Å². The number of rotatable bonds is 10. The molecule has 488 valence electrons. The Hall–Kier alpha value is -12.4. The fraction of sp³-hybridized carbons (Fsp3) is 0.0204. The van der Waals surface area contributed by atoms with Crippen LogP contribution in [0.15, 0.2) is 381 Å². The third-order valence-electron chi connectivity index (χ3n) is 21.9. The molecule has 104 heavy (non-hydrogen) atoms. The van der Waals surface area contributed by atoms with E-state index < -0.39 is 10.8 Å². The lowest BCUT2D eigenvalue weighted by Crippen LogP contribution is -2.28. The van der Waals surface area contributed by atoms with E-state index in [0.29, 0.717) is 0 Å². The van der Waals surface area contributed by atoms with Crippen molar-refractivity contribution in [2.45, 2.75) is 10.8 Å². The third-order valence-corrected chi connectivity index (χ3v) is 25.3. The highest BCUT2D eigenvalue weighted by molar-refractivity contribution is 7.26. The Bertz CT molecular complexity index is 6030. The molecule has 20 aromatic rings. The molecule has 16 aromatic carbocycles. The van der Waals surface area contributed by atoms with Crippen LogP contribution in [-0.4, -0.2) is 0 Å². The minimum Gasteiger partial charge on any atom is -0.456 e. The van der Waals surface area contributed by atoms with E-state index in [2.05, 4.69) is 380 Å². The molecule has 0 aliphatic heterocycles. The average molecular weight is 1380 g/mol. The average Bonchev–Trinajstić information content (AvgIpc) is 1.54. The van der Waals surface area contributed by atoms with E-state index >= 15 is 0 Å². The van der Waals surface area contributed by atoms with E-state index in [1.165, 1.54) is 139 Å². The maximum absolute atomic E-state index is 6.45. The SMILES string of the molecule is c1ccc(C2(c3ccc(N(c4cccc5oc6ccccc6c45)c4cccc5sc6ccccc6c45)cc3)c3ccccc3-c3ccccc32)cc1.c1ccc(C2(c3ccc(N(c4cccc5sc6ccccc6c45)c4cccc5sc6ccccc6c45)cc3)c3ccccc3-c3ccccc32)cc1. The van der Waals surface area contributed by atoms with Gasteiger partial charge >= 0.3 is 0 Å². The molecule has 0 N–H and O–H groups in total. The fourth-order valence-corrected chi connectivity index (χ4v) is 21.1. The Morgan fingerprint density at radius 1 is 0.202 bits per heavy atom. The van der Waals surface area contributed by atoms with Gasteiger partial charge in [-0.1, -0.05) is 279 Å². The van der Waals surface area contributed by atoms with Crippen molar-refractivity contribution in [2.75, 3.05) is 9.80 Å².